The molecule has 0 radical (unpaired) electrons. The lowest BCUT2D eigenvalue weighted by Gasteiger charge is -2.13. The van der Waals surface area contributed by atoms with E-state index in [2.05, 4.69) is 10.6 Å². The van der Waals surface area contributed by atoms with Crippen molar-refractivity contribution in [3.05, 3.63) is 24.2 Å². The minimum atomic E-state index is -0.671. The Kier molecular flexibility index (Phi) is 6.62. The SMILES string of the molecule is CC(NC(=O)c1ccco1)C(=O)NCCOCCO. The van der Waals surface area contributed by atoms with Crippen LogP contribution in [0.5, 0.6) is 0 Å². The maximum atomic E-state index is 11.6. The highest BCUT2D eigenvalue weighted by Gasteiger charge is 2.17. The van der Waals surface area contributed by atoms with Crippen LogP contribution in [0.3, 0.4) is 0 Å². The first-order chi connectivity index (χ1) is 9.15. The van der Waals surface area contributed by atoms with Crippen molar-refractivity contribution in [2.75, 3.05) is 26.4 Å². The number of furan rings is 1. The average Bonchev–Trinajstić information content (AvgIpc) is 2.92. The fourth-order valence-corrected chi connectivity index (χ4v) is 1.31. The van der Waals surface area contributed by atoms with Crippen LogP contribution in [0.2, 0.25) is 0 Å². The third-order valence-electron chi connectivity index (χ3n) is 2.27. The predicted octanol–water partition coefficient (Wildman–Crippen LogP) is -0.477. The van der Waals surface area contributed by atoms with E-state index in [9.17, 15) is 9.59 Å². The Labute approximate surface area is 110 Å². The van der Waals surface area contributed by atoms with Crippen molar-refractivity contribution >= 4 is 11.8 Å². The van der Waals surface area contributed by atoms with Crippen molar-refractivity contribution in [1.29, 1.82) is 0 Å². The maximum Gasteiger partial charge on any atom is 0.287 e. The van der Waals surface area contributed by atoms with Gasteiger partial charge in [0.15, 0.2) is 5.76 Å². The summed E-state index contributed by atoms with van der Waals surface area (Å²) in [5, 5.41) is 13.6. The molecule has 0 spiro atoms. The Morgan fingerprint density at radius 2 is 2.26 bits per heavy atom. The number of aliphatic hydroxyl groups excluding tert-OH is 1. The molecule has 1 rings (SSSR count). The lowest BCUT2D eigenvalue weighted by molar-refractivity contribution is -0.122. The van der Waals surface area contributed by atoms with Crippen LogP contribution < -0.4 is 10.6 Å². The molecule has 0 fully saturated rings. The highest BCUT2D eigenvalue weighted by molar-refractivity contribution is 5.95. The molecule has 0 aromatic carbocycles. The van der Waals surface area contributed by atoms with Gasteiger partial charge in [0, 0.05) is 6.54 Å². The molecule has 0 aliphatic carbocycles. The largest absolute Gasteiger partial charge is 0.459 e. The third-order valence-corrected chi connectivity index (χ3v) is 2.27. The van der Waals surface area contributed by atoms with E-state index >= 15 is 0 Å². The van der Waals surface area contributed by atoms with Gasteiger partial charge in [0.05, 0.1) is 26.1 Å². The Balaban J connectivity index is 2.23. The quantitative estimate of drug-likeness (QED) is 0.554. The summed E-state index contributed by atoms with van der Waals surface area (Å²) in [4.78, 5) is 23.2. The van der Waals surface area contributed by atoms with Gasteiger partial charge in [0.1, 0.15) is 6.04 Å². The van der Waals surface area contributed by atoms with Gasteiger partial charge in [-0.2, -0.15) is 0 Å². The fourth-order valence-electron chi connectivity index (χ4n) is 1.31. The summed E-state index contributed by atoms with van der Waals surface area (Å²) in [6.07, 6.45) is 1.39. The summed E-state index contributed by atoms with van der Waals surface area (Å²) >= 11 is 0. The first-order valence-corrected chi connectivity index (χ1v) is 5.96. The normalized spacial score (nSPS) is 11.9. The van der Waals surface area contributed by atoms with E-state index < -0.39 is 11.9 Å². The lowest BCUT2D eigenvalue weighted by Crippen LogP contribution is -2.45. The van der Waals surface area contributed by atoms with Crippen LogP contribution in [0.1, 0.15) is 17.5 Å². The van der Waals surface area contributed by atoms with Crippen molar-refractivity contribution in [2.24, 2.45) is 0 Å². The van der Waals surface area contributed by atoms with E-state index in [0.717, 1.165) is 0 Å². The van der Waals surface area contributed by atoms with E-state index in [0.29, 0.717) is 13.2 Å². The second-order valence-electron chi connectivity index (χ2n) is 3.80. The van der Waals surface area contributed by atoms with Gasteiger partial charge in [-0.05, 0) is 19.1 Å². The highest BCUT2D eigenvalue weighted by atomic mass is 16.5. The van der Waals surface area contributed by atoms with E-state index in [-0.39, 0.29) is 24.9 Å². The van der Waals surface area contributed by atoms with Crippen molar-refractivity contribution in [3.8, 4) is 0 Å². The molecule has 0 bridgehead atoms. The average molecular weight is 270 g/mol. The Morgan fingerprint density at radius 1 is 1.47 bits per heavy atom. The molecule has 1 atom stereocenters. The summed E-state index contributed by atoms with van der Waals surface area (Å²) in [6, 6.07) is 2.44. The molecule has 3 N–H and O–H groups in total. The second-order valence-corrected chi connectivity index (χ2v) is 3.80. The number of aliphatic hydroxyl groups is 1. The highest BCUT2D eigenvalue weighted by Crippen LogP contribution is 1.99. The summed E-state index contributed by atoms with van der Waals surface area (Å²) < 4.78 is 9.90. The molecule has 2 amide bonds. The van der Waals surface area contributed by atoms with Gasteiger partial charge in [-0.1, -0.05) is 0 Å². The van der Waals surface area contributed by atoms with Gasteiger partial charge in [0.25, 0.3) is 5.91 Å². The Bertz CT molecular complexity index is 391. The molecular formula is C12H18N2O5. The minimum Gasteiger partial charge on any atom is -0.459 e. The molecule has 0 saturated heterocycles. The van der Waals surface area contributed by atoms with Crippen molar-refractivity contribution in [1.82, 2.24) is 10.6 Å². The molecule has 106 valence electrons. The number of carbonyl (C=O) groups excluding carboxylic acids is 2. The predicted molar refractivity (Wildman–Crippen MR) is 66.6 cm³/mol. The summed E-state index contributed by atoms with van der Waals surface area (Å²) in [5.74, 6) is -0.595. The zero-order chi connectivity index (χ0) is 14.1. The number of hydrogen-bond acceptors (Lipinski definition) is 5. The summed E-state index contributed by atoms with van der Waals surface area (Å²) in [6.45, 7) is 2.39. The third kappa shape index (κ3) is 5.54. The molecule has 1 unspecified atom stereocenters. The maximum absolute atomic E-state index is 11.6. The van der Waals surface area contributed by atoms with Crippen LogP contribution in [0.15, 0.2) is 22.8 Å². The molecule has 1 heterocycles. The number of carbonyl (C=O) groups is 2. The second kappa shape index (κ2) is 8.28. The number of nitrogens with one attached hydrogen (secondary N) is 2. The van der Waals surface area contributed by atoms with Crippen LogP contribution >= 0.6 is 0 Å². The standard InChI is InChI=1S/C12H18N2O5/c1-9(11(16)13-4-7-18-8-5-15)14-12(17)10-3-2-6-19-10/h2-3,6,9,15H,4-5,7-8H2,1H3,(H,13,16)(H,14,17). The number of hydrogen-bond donors (Lipinski definition) is 3. The molecule has 0 saturated carbocycles. The molecule has 19 heavy (non-hydrogen) atoms. The van der Waals surface area contributed by atoms with E-state index in [1.807, 2.05) is 0 Å². The lowest BCUT2D eigenvalue weighted by atomic mass is 10.3. The monoisotopic (exact) mass is 270 g/mol. The molecule has 1 aromatic heterocycles. The number of rotatable bonds is 8. The van der Waals surface area contributed by atoms with Gasteiger partial charge < -0.3 is 24.9 Å². The van der Waals surface area contributed by atoms with Crippen molar-refractivity contribution in [2.45, 2.75) is 13.0 Å². The van der Waals surface area contributed by atoms with E-state index in [1.54, 1.807) is 13.0 Å². The van der Waals surface area contributed by atoms with Crippen LogP contribution in [0.4, 0.5) is 0 Å². The molecule has 0 aliphatic heterocycles. The Morgan fingerprint density at radius 3 is 2.89 bits per heavy atom. The first-order valence-electron chi connectivity index (χ1n) is 5.96. The van der Waals surface area contributed by atoms with Crippen LogP contribution in [0, 0.1) is 0 Å². The zero-order valence-corrected chi connectivity index (χ0v) is 10.7. The molecule has 7 nitrogen and oxygen atoms in total. The summed E-state index contributed by atoms with van der Waals surface area (Å²) in [5.41, 5.74) is 0. The minimum absolute atomic E-state index is 0.0520. The smallest absolute Gasteiger partial charge is 0.287 e. The van der Waals surface area contributed by atoms with Gasteiger partial charge in [-0.3, -0.25) is 9.59 Å². The summed E-state index contributed by atoms with van der Waals surface area (Å²) in [7, 11) is 0. The van der Waals surface area contributed by atoms with Crippen LogP contribution in [0.25, 0.3) is 0 Å². The Hall–Kier alpha value is -1.86. The molecule has 0 aliphatic rings. The van der Waals surface area contributed by atoms with Gasteiger partial charge >= 0.3 is 0 Å². The number of ether oxygens (including phenoxy) is 1. The first kappa shape index (κ1) is 15.2. The van der Waals surface area contributed by atoms with Crippen molar-refractivity contribution in [3.63, 3.8) is 0 Å². The van der Waals surface area contributed by atoms with Gasteiger partial charge in [-0.25, -0.2) is 0 Å². The molecule has 7 heteroatoms. The fraction of sp³-hybridized carbons (Fsp3) is 0.500. The topological polar surface area (TPSA) is 101 Å². The van der Waals surface area contributed by atoms with E-state index in [4.69, 9.17) is 14.3 Å². The molecule has 1 aromatic rings. The van der Waals surface area contributed by atoms with Crippen molar-refractivity contribution < 1.29 is 23.8 Å². The van der Waals surface area contributed by atoms with Crippen LogP contribution in [-0.4, -0.2) is 49.3 Å². The number of amides is 2. The zero-order valence-electron chi connectivity index (χ0n) is 10.7. The van der Waals surface area contributed by atoms with Gasteiger partial charge in [-0.15, -0.1) is 0 Å². The van der Waals surface area contributed by atoms with Crippen LogP contribution in [-0.2, 0) is 9.53 Å². The van der Waals surface area contributed by atoms with Gasteiger partial charge in [0.2, 0.25) is 5.91 Å². The molecular weight excluding hydrogens is 252 g/mol. The van der Waals surface area contributed by atoms with E-state index in [1.165, 1.54) is 12.3 Å².